The summed E-state index contributed by atoms with van der Waals surface area (Å²) >= 11 is 2.88. The molecular formula is C13H13N3O3S2. The van der Waals surface area contributed by atoms with Gasteiger partial charge in [-0.2, -0.15) is 0 Å². The van der Waals surface area contributed by atoms with Crippen molar-refractivity contribution in [3.8, 4) is 11.5 Å². The lowest BCUT2D eigenvalue weighted by molar-refractivity contribution is -0.115. The van der Waals surface area contributed by atoms with Gasteiger partial charge in [0.1, 0.15) is 22.4 Å². The fraction of sp³-hybridized carbons (Fsp3) is 0.308. The highest BCUT2D eigenvalue weighted by Gasteiger charge is 2.37. The molecular weight excluding hydrogens is 310 g/mol. The van der Waals surface area contributed by atoms with Crippen molar-refractivity contribution in [1.82, 2.24) is 10.2 Å². The molecule has 1 amide bonds. The molecule has 2 heterocycles. The molecule has 0 saturated carbocycles. The smallest absolute Gasteiger partial charge is 0.240 e. The summed E-state index contributed by atoms with van der Waals surface area (Å²) < 4.78 is 10.7. The zero-order valence-corrected chi connectivity index (χ0v) is 13.1. The van der Waals surface area contributed by atoms with Crippen molar-refractivity contribution in [1.29, 1.82) is 0 Å². The standard InChI is InChI=1S/C13H13N3O3S2/c1-18-8-3-4-10(19-2)9(5-8)12-16(11(17)6-20-12)13-15-14-7-21-13/h3-5,7,12H,6H2,1-2H3/t12-/m0/s1. The van der Waals surface area contributed by atoms with E-state index in [0.29, 0.717) is 10.9 Å². The number of anilines is 1. The fourth-order valence-electron chi connectivity index (χ4n) is 2.17. The van der Waals surface area contributed by atoms with Crippen LogP contribution >= 0.6 is 23.1 Å². The normalized spacial score (nSPS) is 18.1. The molecule has 1 aromatic heterocycles. The molecule has 21 heavy (non-hydrogen) atoms. The molecule has 0 radical (unpaired) electrons. The minimum atomic E-state index is -0.185. The van der Waals surface area contributed by atoms with Gasteiger partial charge in [0.15, 0.2) is 0 Å². The highest BCUT2D eigenvalue weighted by atomic mass is 32.2. The minimum Gasteiger partial charge on any atom is -0.497 e. The van der Waals surface area contributed by atoms with E-state index >= 15 is 0 Å². The first-order valence-electron chi connectivity index (χ1n) is 6.16. The third-order valence-corrected chi connectivity index (χ3v) is 5.01. The van der Waals surface area contributed by atoms with Crippen LogP contribution in [0.4, 0.5) is 5.13 Å². The molecule has 0 aliphatic carbocycles. The Morgan fingerprint density at radius 2 is 2.19 bits per heavy atom. The largest absolute Gasteiger partial charge is 0.497 e. The van der Waals surface area contributed by atoms with E-state index in [1.54, 1.807) is 24.6 Å². The van der Waals surface area contributed by atoms with Crippen LogP contribution < -0.4 is 14.4 Å². The van der Waals surface area contributed by atoms with Crippen LogP contribution in [-0.2, 0) is 4.79 Å². The van der Waals surface area contributed by atoms with E-state index < -0.39 is 0 Å². The number of carbonyl (C=O) groups is 1. The lowest BCUT2D eigenvalue weighted by Crippen LogP contribution is -2.28. The van der Waals surface area contributed by atoms with Gasteiger partial charge in [-0.1, -0.05) is 11.3 Å². The molecule has 110 valence electrons. The number of ether oxygens (including phenoxy) is 2. The number of benzene rings is 1. The van der Waals surface area contributed by atoms with Crippen LogP contribution in [0.2, 0.25) is 0 Å². The number of hydrogen-bond acceptors (Lipinski definition) is 7. The number of carbonyl (C=O) groups excluding carboxylic acids is 1. The molecule has 2 aromatic rings. The Hall–Kier alpha value is -1.80. The summed E-state index contributed by atoms with van der Waals surface area (Å²) in [6.45, 7) is 0. The molecule has 3 rings (SSSR count). The Morgan fingerprint density at radius 1 is 1.33 bits per heavy atom. The van der Waals surface area contributed by atoms with Crippen molar-refractivity contribution in [2.75, 3.05) is 24.9 Å². The molecule has 0 spiro atoms. The summed E-state index contributed by atoms with van der Waals surface area (Å²) in [5, 5.41) is 8.24. The van der Waals surface area contributed by atoms with Crippen LogP contribution in [-0.4, -0.2) is 36.1 Å². The average Bonchev–Trinajstić information content (AvgIpc) is 3.15. The lowest BCUT2D eigenvalue weighted by Gasteiger charge is -2.23. The predicted octanol–water partition coefficient (Wildman–Crippen LogP) is 2.33. The van der Waals surface area contributed by atoms with Crippen LogP contribution in [0.5, 0.6) is 11.5 Å². The topological polar surface area (TPSA) is 64.6 Å². The first kappa shape index (κ1) is 14.2. The van der Waals surface area contributed by atoms with Crippen LogP contribution in [0.25, 0.3) is 0 Å². The molecule has 1 atom stereocenters. The van der Waals surface area contributed by atoms with Crippen molar-refractivity contribution in [2.45, 2.75) is 5.37 Å². The first-order chi connectivity index (χ1) is 10.2. The summed E-state index contributed by atoms with van der Waals surface area (Å²) in [4.78, 5) is 13.8. The Morgan fingerprint density at radius 3 is 2.86 bits per heavy atom. The quantitative estimate of drug-likeness (QED) is 0.860. The number of thioether (sulfide) groups is 1. The zero-order valence-electron chi connectivity index (χ0n) is 11.5. The molecule has 0 N–H and O–H groups in total. The van der Waals surface area contributed by atoms with Crippen LogP contribution in [0.3, 0.4) is 0 Å². The second-order valence-corrected chi connectivity index (χ2v) is 6.14. The molecule has 1 aliphatic heterocycles. The SMILES string of the molecule is COc1ccc(OC)c([C@@H]2SCC(=O)N2c2nncs2)c1. The van der Waals surface area contributed by atoms with Gasteiger partial charge in [-0.3, -0.25) is 9.69 Å². The van der Waals surface area contributed by atoms with E-state index in [-0.39, 0.29) is 11.3 Å². The van der Waals surface area contributed by atoms with E-state index in [4.69, 9.17) is 9.47 Å². The van der Waals surface area contributed by atoms with Gasteiger partial charge in [-0.25, -0.2) is 0 Å². The highest BCUT2D eigenvalue weighted by molar-refractivity contribution is 8.00. The summed E-state index contributed by atoms with van der Waals surface area (Å²) in [7, 11) is 3.23. The summed E-state index contributed by atoms with van der Waals surface area (Å²) in [6, 6.07) is 5.57. The van der Waals surface area contributed by atoms with E-state index in [9.17, 15) is 4.79 Å². The molecule has 0 unspecified atom stereocenters. The lowest BCUT2D eigenvalue weighted by atomic mass is 10.1. The van der Waals surface area contributed by atoms with Crippen molar-refractivity contribution in [3.05, 3.63) is 29.3 Å². The van der Waals surface area contributed by atoms with Gasteiger partial charge in [-0.05, 0) is 18.2 Å². The van der Waals surface area contributed by atoms with Gasteiger partial charge in [0, 0.05) is 5.56 Å². The molecule has 6 nitrogen and oxygen atoms in total. The van der Waals surface area contributed by atoms with Crippen LogP contribution in [0.1, 0.15) is 10.9 Å². The van der Waals surface area contributed by atoms with E-state index in [2.05, 4.69) is 10.2 Å². The maximum Gasteiger partial charge on any atom is 0.240 e. The van der Waals surface area contributed by atoms with E-state index in [0.717, 1.165) is 17.1 Å². The molecule has 1 aliphatic rings. The van der Waals surface area contributed by atoms with E-state index in [1.165, 1.54) is 23.1 Å². The van der Waals surface area contributed by atoms with Gasteiger partial charge < -0.3 is 9.47 Å². The number of aromatic nitrogens is 2. The molecule has 0 bridgehead atoms. The Bertz CT molecular complexity index is 648. The summed E-state index contributed by atoms with van der Waals surface area (Å²) in [6.07, 6.45) is 0. The van der Waals surface area contributed by atoms with Gasteiger partial charge in [0.2, 0.25) is 11.0 Å². The van der Waals surface area contributed by atoms with Gasteiger partial charge in [0.05, 0.1) is 20.0 Å². The van der Waals surface area contributed by atoms with Gasteiger partial charge >= 0.3 is 0 Å². The second-order valence-electron chi connectivity index (χ2n) is 4.26. The number of amides is 1. The van der Waals surface area contributed by atoms with Crippen LogP contribution in [0, 0.1) is 0 Å². The minimum absolute atomic E-state index is 0.0200. The fourth-order valence-corrected chi connectivity index (χ4v) is 4.01. The third kappa shape index (κ3) is 2.56. The Labute approximate surface area is 130 Å². The summed E-state index contributed by atoms with van der Waals surface area (Å²) in [5.41, 5.74) is 2.51. The van der Waals surface area contributed by atoms with Crippen molar-refractivity contribution < 1.29 is 14.3 Å². The molecule has 1 aromatic carbocycles. The van der Waals surface area contributed by atoms with Crippen molar-refractivity contribution in [3.63, 3.8) is 0 Å². The molecule has 1 fully saturated rings. The third-order valence-electron chi connectivity index (χ3n) is 3.13. The van der Waals surface area contributed by atoms with Crippen molar-refractivity contribution in [2.24, 2.45) is 0 Å². The monoisotopic (exact) mass is 323 g/mol. The number of rotatable bonds is 4. The average molecular weight is 323 g/mol. The maximum absolute atomic E-state index is 12.2. The number of methoxy groups -OCH3 is 2. The number of nitrogens with zero attached hydrogens (tertiary/aromatic N) is 3. The van der Waals surface area contributed by atoms with Crippen molar-refractivity contribution >= 4 is 34.1 Å². The second kappa shape index (κ2) is 5.90. The van der Waals surface area contributed by atoms with Crippen LogP contribution in [0.15, 0.2) is 23.7 Å². The molecule has 8 heteroatoms. The van der Waals surface area contributed by atoms with E-state index in [1.807, 2.05) is 18.2 Å². The first-order valence-corrected chi connectivity index (χ1v) is 8.09. The highest BCUT2D eigenvalue weighted by Crippen LogP contribution is 2.45. The van der Waals surface area contributed by atoms with Gasteiger partial charge in [-0.15, -0.1) is 22.0 Å². The Kier molecular flexibility index (Phi) is 3.98. The summed E-state index contributed by atoms with van der Waals surface area (Å²) in [5.74, 6) is 1.87. The molecule has 1 saturated heterocycles. The van der Waals surface area contributed by atoms with Gasteiger partial charge in [0.25, 0.3) is 0 Å². The predicted molar refractivity (Wildman–Crippen MR) is 82.1 cm³/mol. The number of hydrogen-bond donors (Lipinski definition) is 0. The zero-order chi connectivity index (χ0) is 14.8. The Balaban J connectivity index is 2.04. The maximum atomic E-state index is 12.2.